The zero-order valence-corrected chi connectivity index (χ0v) is 20.6. The number of aliphatic hydroxyl groups excluding tert-OH is 2. The predicted molar refractivity (Wildman–Crippen MR) is 131 cm³/mol. The van der Waals surface area contributed by atoms with Crippen molar-refractivity contribution in [2.45, 2.75) is 63.7 Å². The maximum absolute atomic E-state index is 12.1. The highest BCUT2D eigenvalue weighted by Gasteiger charge is 2.44. The number of rotatable bonds is 6. The first-order valence-electron chi connectivity index (χ1n) is 12.8. The zero-order chi connectivity index (χ0) is 25.1. The fourth-order valence-electron chi connectivity index (χ4n) is 6.44. The van der Waals surface area contributed by atoms with Crippen molar-refractivity contribution in [3.63, 3.8) is 0 Å². The van der Waals surface area contributed by atoms with Gasteiger partial charge in [-0.25, -0.2) is 9.59 Å². The molecule has 36 heavy (non-hydrogen) atoms. The highest BCUT2D eigenvalue weighted by molar-refractivity contribution is 5.94. The number of β-amino-alcohol motifs (C(OH)–C–C–N with tert-alkyl or cyclic N) is 2. The van der Waals surface area contributed by atoms with Crippen molar-refractivity contribution in [2.24, 2.45) is 0 Å². The summed E-state index contributed by atoms with van der Waals surface area (Å²) in [7, 11) is 0. The lowest BCUT2D eigenvalue weighted by molar-refractivity contribution is 0.0299. The molecule has 0 aromatic heterocycles. The molecule has 2 bridgehead atoms. The number of likely N-dealkylation sites (tertiary alicyclic amines) is 2. The minimum absolute atomic E-state index is 0.149. The van der Waals surface area contributed by atoms with Gasteiger partial charge in [-0.1, -0.05) is 18.2 Å². The maximum atomic E-state index is 12.1. The number of carbonyl (C=O) groups is 2. The summed E-state index contributed by atoms with van der Waals surface area (Å²) in [6.07, 6.45) is 0.290. The first kappa shape index (κ1) is 23.6. The molecule has 4 aliphatic heterocycles. The summed E-state index contributed by atoms with van der Waals surface area (Å²) in [6.45, 7) is 6.92. The Labute approximate surface area is 210 Å². The number of aliphatic hydroxyl groups is 2. The number of hydrogen-bond donors (Lipinski definition) is 2. The molecule has 4 heterocycles. The smallest absolute Gasteiger partial charge is 0.338 e. The van der Waals surface area contributed by atoms with E-state index in [0.717, 1.165) is 47.3 Å². The summed E-state index contributed by atoms with van der Waals surface area (Å²) in [5.74, 6) is -0.582. The first-order valence-corrected chi connectivity index (χ1v) is 12.8. The molecular formula is C28H32N2O6. The topological polar surface area (TPSA) is 99.5 Å². The van der Waals surface area contributed by atoms with Crippen LogP contribution >= 0.6 is 0 Å². The molecular weight excluding hydrogens is 460 g/mol. The molecule has 6 rings (SSSR count). The standard InChI is InChI=1S/C28H32N2O6/c1-15-7-18-8-17(3-4-22(18)28(34)36-15)25(31)12-29-10-20-9-19(29)11-30(20)13-26(32)21-5-6-23-24(16(21)2)14-35-27(23)33/h3-6,8,15,19-20,25-26,31-32H,7,9-14H2,1-2H3/t15-,19-,20-,25-,26+/m1/s1. The van der Waals surface area contributed by atoms with E-state index < -0.39 is 12.2 Å². The van der Waals surface area contributed by atoms with Crippen LogP contribution < -0.4 is 0 Å². The molecule has 5 atom stereocenters. The van der Waals surface area contributed by atoms with E-state index in [1.807, 2.05) is 32.0 Å². The van der Waals surface area contributed by atoms with Crippen molar-refractivity contribution >= 4 is 11.9 Å². The van der Waals surface area contributed by atoms with Crippen LogP contribution in [0.4, 0.5) is 0 Å². The number of piperazine rings is 1. The Hall–Kier alpha value is -2.78. The monoisotopic (exact) mass is 492 g/mol. The summed E-state index contributed by atoms with van der Waals surface area (Å²) < 4.78 is 10.4. The van der Waals surface area contributed by atoms with Crippen molar-refractivity contribution in [3.05, 3.63) is 69.3 Å². The largest absolute Gasteiger partial charge is 0.459 e. The second-order valence-corrected chi connectivity index (χ2v) is 10.7. The van der Waals surface area contributed by atoms with Crippen LogP contribution in [0.2, 0.25) is 0 Å². The Kier molecular flexibility index (Phi) is 5.87. The summed E-state index contributed by atoms with van der Waals surface area (Å²) in [4.78, 5) is 28.6. The van der Waals surface area contributed by atoms with Gasteiger partial charge in [0.1, 0.15) is 12.7 Å². The third-order valence-electron chi connectivity index (χ3n) is 8.40. The van der Waals surface area contributed by atoms with Crippen LogP contribution in [0.25, 0.3) is 0 Å². The van der Waals surface area contributed by atoms with Crippen molar-refractivity contribution in [2.75, 3.05) is 26.2 Å². The minimum atomic E-state index is -0.631. The average molecular weight is 493 g/mol. The SMILES string of the molecule is Cc1c([C@@H](O)CN2C[C@H]3C[C@@H]2CN3C[C@@H](O)c2ccc3c(c2)C[C@@H](C)OC3=O)ccc2c1COC2=O. The quantitative estimate of drug-likeness (QED) is 0.593. The third-order valence-corrected chi connectivity index (χ3v) is 8.40. The third kappa shape index (κ3) is 4.02. The number of esters is 2. The van der Waals surface area contributed by atoms with E-state index in [9.17, 15) is 19.8 Å². The van der Waals surface area contributed by atoms with Gasteiger partial charge in [0.25, 0.3) is 0 Å². The summed E-state index contributed by atoms with van der Waals surface area (Å²) in [6, 6.07) is 9.85. The molecule has 8 nitrogen and oxygen atoms in total. The Bertz CT molecular complexity index is 1230. The number of ether oxygens (including phenoxy) is 2. The molecule has 0 radical (unpaired) electrons. The van der Waals surface area contributed by atoms with E-state index in [1.54, 1.807) is 12.1 Å². The van der Waals surface area contributed by atoms with Gasteiger partial charge in [-0.2, -0.15) is 0 Å². The number of cyclic esters (lactones) is 2. The Morgan fingerprint density at radius 1 is 0.972 bits per heavy atom. The lowest BCUT2D eigenvalue weighted by Crippen LogP contribution is -2.48. The highest BCUT2D eigenvalue weighted by atomic mass is 16.5. The van der Waals surface area contributed by atoms with E-state index in [-0.39, 0.29) is 24.6 Å². The van der Waals surface area contributed by atoms with E-state index in [2.05, 4.69) is 9.80 Å². The van der Waals surface area contributed by atoms with Crippen LogP contribution in [0, 0.1) is 6.92 Å². The fraction of sp³-hybridized carbons (Fsp3) is 0.500. The van der Waals surface area contributed by atoms with Crippen LogP contribution in [-0.2, 0) is 22.5 Å². The van der Waals surface area contributed by atoms with Crippen LogP contribution in [0.3, 0.4) is 0 Å². The first-order chi connectivity index (χ1) is 17.3. The molecule has 8 heteroatoms. The van der Waals surface area contributed by atoms with Gasteiger partial charge in [-0.3, -0.25) is 9.80 Å². The van der Waals surface area contributed by atoms with Gasteiger partial charge in [0.2, 0.25) is 0 Å². The van der Waals surface area contributed by atoms with E-state index in [1.165, 1.54) is 0 Å². The lowest BCUT2D eigenvalue weighted by atomic mass is 9.95. The zero-order valence-electron chi connectivity index (χ0n) is 20.6. The van der Waals surface area contributed by atoms with Crippen LogP contribution in [0.5, 0.6) is 0 Å². The molecule has 2 aromatic carbocycles. The lowest BCUT2D eigenvalue weighted by Gasteiger charge is -2.36. The number of benzene rings is 2. The van der Waals surface area contributed by atoms with Crippen molar-refractivity contribution in [1.29, 1.82) is 0 Å². The molecule has 0 spiro atoms. The molecule has 190 valence electrons. The average Bonchev–Trinajstić information content (AvgIpc) is 3.53. The van der Waals surface area contributed by atoms with E-state index in [0.29, 0.717) is 42.7 Å². The molecule has 4 aliphatic rings. The summed E-state index contributed by atoms with van der Waals surface area (Å²) in [5.41, 5.74) is 5.65. The molecule has 0 aliphatic carbocycles. The number of nitrogens with zero attached hydrogens (tertiary/aromatic N) is 2. The summed E-state index contributed by atoms with van der Waals surface area (Å²) in [5, 5.41) is 22.0. The Morgan fingerprint density at radius 3 is 2.39 bits per heavy atom. The highest BCUT2D eigenvalue weighted by Crippen LogP contribution is 2.35. The fourth-order valence-corrected chi connectivity index (χ4v) is 6.44. The van der Waals surface area contributed by atoms with Gasteiger partial charge in [0, 0.05) is 50.2 Å². The Balaban J connectivity index is 1.07. The number of hydrogen-bond acceptors (Lipinski definition) is 8. The van der Waals surface area contributed by atoms with E-state index in [4.69, 9.17) is 9.47 Å². The number of carbonyl (C=O) groups excluding carboxylic acids is 2. The van der Waals surface area contributed by atoms with Crippen molar-refractivity contribution in [3.8, 4) is 0 Å². The molecule has 0 amide bonds. The maximum Gasteiger partial charge on any atom is 0.338 e. The van der Waals surface area contributed by atoms with Crippen LogP contribution in [0.1, 0.15) is 74.1 Å². The van der Waals surface area contributed by atoms with Gasteiger partial charge < -0.3 is 19.7 Å². The van der Waals surface area contributed by atoms with Gasteiger partial charge in [0.05, 0.1) is 23.3 Å². The van der Waals surface area contributed by atoms with E-state index >= 15 is 0 Å². The number of fused-ring (bicyclic) bond motifs is 4. The normalized spacial score (nSPS) is 26.9. The second kappa shape index (κ2) is 8.95. The minimum Gasteiger partial charge on any atom is -0.459 e. The molecule has 2 aromatic rings. The van der Waals surface area contributed by atoms with Gasteiger partial charge in [-0.05, 0) is 54.7 Å². The predicted octanol–water partition coefficient (Wildman–Crippen LogP) is 2.29. The van der Waals surface area contributed by atoms with Gasteiger partial charge in [0.15, 0.2) is 0 Å². The van der Waals surface area contributed by atoms with Crippen molar-refractivity contribution < 1.29 is 29.3 Å². The van der Waals surface area contributed by atoms with Gasteiger partial charge in [-0.15, -0.1) is 0 Å². The molecule has 2 N–H and O–H groups in total. The molecule has 0 saturated carbocycles. The Morgan fingerprint density at radius 2 is 1.67 bits per heavy atom. The van der Waals surface area contributed by atoms with Crippen molar-refractivity contribution in [1.82, 2.24) is 9.80 Å². The van der Waals surface area contributed by atoms with Gasteiger partial charge >= 0.3 is 11.9 Å². The second-order valence-electron chi connectivity index (χ2n) is 10.7. The van der Waals surface area contributed by atoms with Crippen LogP contribution in [-0.4, -0.2) is 76.3 Å². The van der Waals surface area contributed by atoms with Crippen LogP contribution in [0.15, 0.2) is 30.3 Å². The molecule has 0 unspecified atom stereocenters. The molecule has 2 saturated heterocycles. The summed E-state index contributed by atoms with van der Waals surface area (Å²) >= 11 is 0. The molecule has 2 fully saturated rings.